The zero-order chi connectivity index (χ0) is 15.4. The van der Waals surface area contributed by atoms with Gasteiger partial charge in [0.1, 0.15) is 12.1 Å². The van der Waals surface area contributed by atoms with Crippen LogP contribution < -0.4 is 5.32 Å². The predicted molar refractivity (Wildman–Crippen MR) is 82.6 cm³/mol. The minimum absolute atomic E-state index is 0.0181. The molecule has 1 N–H and O–H groups in total. The first-order chi connectivity index (χ1) is 10.1. The van der Waals surface area contributed by atoms with Gasteiger partial charge in [-0.1, -0.05) is 50.1 Å². The van der Waals surface area contributed by atoms with E-state index in [9.17, 15) is 9.59 Å². The van der Waals surface area contributed by atoms with Crippen molar-refractivity contribution < 1.29 is 9.59 Å². The number of carbonyl (C=O) groups excluding carboxylic acids is 2. The van der Waals surface area contributed by atoms with Crippen LogP contribution in [-0.4, -0.2) is 28.8 Å². The van der Waals surface area contributed by atoms with Crippen LogP contribution in [0.4, 0.5) is 0 Å². The lowest BCUT2D eigenvalue weighted by atomic mass is 10.0. The fraction of sp³-hybridized carbons (Fsp3) is 0.529. The van der Waals surface area contributed by atoms with Crippen molar-refractivity contribution in [2.24, 2.45) is 0 Å². The second-order valence-corrected chi connectivity index (χ2v) is 5.73. The van der Waals surface area contributed by atoms with Crippen LogP contribution in [0.5, 0.6) is 0 Å². The number of rotatable bonds is 5. The fourth-order valence-electron chi connectivity index (χ4n) is 2.74. The SMILES string of the molecule is CCCC1C(=O)NC(CC)C(=O)N1Cc1ccc(C)cc1. The highest BCUT2D eigenvalue weighted by atomic mass is 16.2. The molecule has 0 bridgehead atoms. The molecule has 21 heavy (non-hydrogen) atoms. The number of benzene rings is 1. The van der Waals surface area contributed by atoms with Crippen LogP contribution in [0.25, 0.3) is 0 Å². The Labute approximate surface area is 126 Å². The highest BCUT2D eigenvalue weighted by Crippen LogP contribution is 2.19. The molecular formula is C17H24N2O2. The van der Waals surface area contributed by atoms with Gasteiger partial charge in [-0.15, -0.1) is 0 Å². The van der Waals surface area contributed by atoms with Gasteiger partial charge in [-0.05, 0) is 25.3 Å². The summed E-state index contributed by atoms with van der Waals surface area (Å²) in [5.74, 6) is 0.0199. The second-order valence-electron chi connectivity index (χ2n) is 5.73. The smallest absolute Gasteiger partial charge is 0.246 e. The van der Waals surface area contributed by atoms with Gasteiger partial charge in [-0.3, -0.25) is 9.59 Å². The van der Waals surface area contributed by atoms with E-state index in [0.29, 0.717) is 19.4 Å². The minimum atomic E-state index is -0.379. The Morgan fingerprint density at radius 2 is 1.81 bits per heavy atom. The normalized spacial score (nSPS) is 22.3. The molecule has 2 atom stereocenters. The largest absolute Gasteiger partial charge is 0.343 e. The summed E-state index contributed by atoms with van der Waals surface area (Å²) in [7, 11) is 0. The number of piperazine rings is 1. The Kier molecular flexibility index (Phi) is 4.99. The number of hydrogen-bond donors (Lipinski definition) is 1. The molecule has 114 valence electrons. The van der Waals surface area contributed by atoms with Crippen molar-refractivity contribution in [3.63, 3.8) is 0 Å². The summed E-state index contributed by atoms with van der Waals surface area (Å²) in [6, 6.07) is 7.41. The quantitative estimate of drug-likeness (QED) is 0.904. The average Bonchev–Trinajstić information content (AvgIpc) is 2.48. The lowest BCUT2D eigenvalue weighted by molar-refractivity contribution is -0.150. The zero-order valence-corrected chi connectivity index (χ0v) is 13.1. The van der Waals surface area contributed by atoms with Gasteiger partial charge in [-0.25, -0.2) is 0 Å². The molecule has 0 aromatic heterocycles. The molecule has 2 unspecified atom stereocenters. The van der Waals surface area contributed by atoms with E-state index >= 15 is 0 Å². The Hall–Kier alpha value is -1.84. The van der Waals surface area contributed by atoms with Crippen LogP contribution in [-0.2, 0) is 16.1 Å². The van der Waals surface area contributed by atoms with Gasteiger partial charge in [0, 0.05) is 6.54 Å². The Bertz CT molecular complexity index is 510. The molecule has 4 nitrogen and oxygen atoms in total. The first kappa shape index (κ1) is 15.5. The molecule has 0 spiro atoms. The third-order valence-electron chi connectivity index (χ3n) is 4.02. The maximum absolute atomic E-state index is 12.6. The number of hydrogen-bond acceptors (Lipinski definition) is 2. The van der Waals surface area contributed by atoms with Gasteiger partial charge >= 0.3 is 0 Å². The Balaban J connectivity index is 2.22. The van der Waals surface area contributed by atoms with E-state index in [1.54, 1.807) is 4.90 Å². The standard InChI is InChI=1S/C17H24N2O2/c1-4-6-15-16(20)18-14(5-2)17(21)19(15)11-13-9-7-12(3)8-10-13/h7-10,14-15H,4-6,11H2,1-3H3,(H,18,20). The van der Waals surface area contributed by atoms with E-state index in [0.717, 1.165) is 12.0 Å². The predicted octanol–water partition coefficient (Wildman–Crippen LogP) is 2.40. The number of amides is 2. The Morgan fingerprint density at radius 1 is 1.14 bits per heavy atom. The molecular weight excluding hydrogens is 264 g/mol. The lowest BCUT2D eigenvalue weighted by Gasteiger charge is -2.38. The van der Waals surface area contributed by atoms with Gasteiger partial charge in [0.2, 0.25) is 11.8 Å². The van der Waals surface area contributed by atoms with Gasteiger partial charge in [0.15, 0.2) is 0 Å². The van der Waals surface area contributed by atoms with E-state index in [4.69, 9.17) is 0 Å². The summed E-state index contributed by atoms with van der Waals surface area (Å²) >= 11 is 0. The van der Waals surface area contributed by atoms with Crippen molar-refractivity contribution in [2.45, 2.75) is 58.7 Å². The molecule has 1 aromatic rings. The van der Waals surface area contributed by atoms with Crippen molar-refractivity contribution in [2.75, 3.05) is 0 Å². The molecule has 1 saturated heterocycles. The number of aryl methyl sites for hydroxylation is 1. The van der Waals surface area contributed by atoms with E-state index in [-0.39, 0.29) is 23.9 Å². The van der Waals surface area contributed by atoms with Crippen LogP contribution in [0.15, 0.2) is 24.3 Å². The third-order valence-corrected chi connectivity index (χ3v) is 4.02. The van der Waals surface area contributed by atoms with E-state index in [1.165, 1.54) is 5.56 Å². The van der Waals surface area contributed by atoms with Gasteiger partial charge in [0.05, 0.1) is 0 Å². The average molecular weight is 288 g/mol. The van der Waals surface area contributed by atoms with Gasteiger partial charge < -0.3 is 10.2 Å². The molecule has 1 aliphatic heterocycles. The molecule has 0 aliphatic carbocycles. The highest BCUT2D eigenvalue weighted by molar-refractivity contribution is 5.96. The molecule has 1 fully saturated rings. The van der Waals surface area contributed by atoms with Crippen molar-refractivity contribution in [3.8, 4) is 0 Å². The second kappa shape index (κ2) is 6.74. The maximum atomic E-state index is 12.6. The van der Waals surface area contributed by atoms with E-state index in [1.807, 2.05) is 45.0 Å². The Morgan fingerprint density at radius 3 is 2.38 bits per heavy atom. The first-order valence-corrected chi connectivity index (χ1v) is 7.73. The highest BCUT2D eigenvalue weighted by Gasteiger charge is 2.38. The molecule has 1 aliphatic rings. The van der Waals surface area contributed by atoms with Crippen LogP contribution >= 0.6 is 0 Å². The zero-order valence-electron chi connectivity index (χ0n) is 13.1. The van der Waals surface area contributed by atoms with Crippen LogP contribution in [0.2, 0.25) is 0 Å². The van der Waals surface area contributed by atoms with Crippen LogP contribution in [0.1, 0.15) is 44.2 Å². The molecule has 2 rings (SSSR count). The number of carbonyl (C=O) groups is 2. The molecule has 1 heterocycles. The third kappa shape index (κ3) is 3.43. The molecule has 1 aromatic carbocycles. The lowest BCUT2D eigenvalue weighted by Crippen LogP contribution is -2.62. The van der Waals surface area contributed by atoms with E-state index < -0.39 is 0 Å². The fourth-order valence-corrected chi connectivity index (χ4v) is 2.74. The van der Waals surface area contributed by atoms with Crippen molar-refractivity contribution in [1.82, 2.24) is 10.2 Å². The summed E-state index contributed by atoms with van der Waals surface area (Å²) in [5, 5.41) is 2.85. The van der Waals surface area contributed by atoms with E-state index in [2.05, 4.69) is 5.32 Å². The summed E-state index contributed by atoms with van der Waals surface area (Å²) < 4.78 is 0. The topological polar surface area (TPSA) is 49.4 Å². The minimum Gasteiger partial charge on any atom is -0.343 e. The first-order valence-electron chi connectivity index (χ1n) is 7.73. The summed E-state index contributed by atoms with van der Waals surface area (Å²) in [6.07, 6.45) is 2.22. The number of nitrogens with zero attached hydrogens (tertiary/aromatic N) is 1. The van der Waals surface area contributed by atoms with Crippen LogP contribution in [0.3, 0.4) is 0 Å². The maximum Gasteiger partial charge on any atom is 0.246 e. The van der Waals surface area contributed by atoms with Crippen molar-refractivity contribution in [1.29, 1.82) is 0 Å². The molecule has 4 heteroatoms. The van der Waals surface area contributed by atoms with Gasteiger partial charge in [-0.2, -0.15) is 0 Å². The molecule has 0 saturated carbocycles. The summed E-state index contributed by atoms with van der Waals surface area (Å²) in [5.41, 5.74) is 2.26. The van der Waals surface area contributed by atoms with Crippen LogP contribution in [0, 0.1) is 6.92 Å². The van der Waals surface area contributed by atoms with Crippen molar-refractivity contribution in [3.05, 3.63) is 35.4 Å². The molecule has 2 amide bonds. The van der Waals surface area contributed by atoms with Gasteiger partial charge in [0.25, 0.3) is 0 Å². The summed E-state index contributed by atoms with van der Waals surface area (Å²) in [4.78, 5) is 26.6. The molecule has 0 radical (unpaired) electrons. The summed E-state index contributed by atoms with van der Waals surface area (Å²) in [6.45, 7) is 6.50. The monoisotopic (exact) mass is 288 g/mol. The number of nitrogens with one attached hydrogen (secondary N) is 1. The van der Waals surface area contributed by atoms with Crippen molar-refractivity contribution >= 4 is 11.8 Å².